The summed E-state index contributed by atoms with van der Waals surface area (Å²) in [6, 6.07) is 2.23. The average Bonchev–Trinajstić information content (AvgIpc) is 2.89. The molecular weight excluding hydrogens is 380 g/mol. The van der Waals surface area contributed by atoms with E-state index in [1.165, 1.54) is 6.92 Å². The molecule has 1 N–H and O–H groups in total. The first-order valence-electron chi connectivity index (χ1n) is 8.58. The fourth-order valence-corrected chi connectivity index (χ4v) is 5.50. The predicted octanol–water partition coefficient (Wildman–Crippen LogP) is 0.995. The Balaban J connectivity index is 1.47. The summed E-state index contributed by atoms with van der Waals surface area (Å²) in [6.07, 6.45) is -1.29. The SMILES string of the molecule is CC(=O)NC[C@H]1CN(c2cc(F)c(N3CC4(C3)CS(=O)C4)c(F)c2)C(=O)O1. The Kier molecular flexibility index (Phi) is 4.32. The van der Waals surface area contributed by atoms with Crippen molar-refractivity contribution in [3.63, 3.8) is 0 Å². The molecule has 0 radical (unpaired) electrons. The molecule has 3 aliphatic rings. The van der Waals surface area contributed by atoms with Gasteiger partial charge >= 0.3 is 6.09 Å². The first-order valence-corrected chi connectivity index (χ1v) is 10.1. The number of benzene rings is 1. The molecule has 0 aromatic heterocycles. The maximum atomic E-state index is 14.6. The Morgan fingerprint density at radius 3 is 2.52 bits per heavy atom. The molecule has 0 bridgehead atoms. The molecule has 1 aromatic rings. The van der Waals surface area contributed by atoms with Crippen LogP contribution in [0.2, 0.25) is 0 Å². The number of cyclic esters (lactones) is 1. The number of rotatable bonds is 4. The van der Waals surface area contributed by atoms with Gasteiger partial charge in [-0.1, -0.05) is 0 Å². The number of amides is 2. The monoisotopic (exact) mass is 399 g/mol. The molecule has 2 amide bonds. The van der Waals surface area contributed by atoms with Crippen LogP contribution in [-0.2, 0) is 20.3 Å². The highest BCUT2D eigenvalue weighted by Crippen LogP contribution is 2.44. The number of hydrogen-bond donors (Lipinski definition) is 1. The van der Waals surface area contributed by atoms with E-state index in [0.29, 0.717) is 24.6 Å². The van der Waals surface area contributed by atoms with Crippen LogP contribution < -0.4 is 15.1 Å². The lowest BCUT2D eigenvalue weighted by Gasteiger charge is -2.55. The van der Waals surface area contributed by atoms with Crippen LogP contribution >= 0.6 is 0 Å². The highest BCUT2D eigenvalue weighted by Gasteiger charge is 2.52. The summed E-state index contributed by atoms with van der Waals surface area (Å²) < 4.78 is 45.6. The molecule has 3 heterocycles. The van der Waals surface area contributed by atoms with Crippen molar-refractivity contribution in [3.05, 3.63) is 23.8 Å². The van der Waals surface area contributed by atoms with Crippen molar-refractivity contribution >= 4 is 34.2 Å². The zero-order valence-electron chi connectivity index (χ0n) is 14.7. The summed E-state index contributed by atoms with van der Waals surface area (Å²) in [6.45, 7) is 2.54. The van der Waals surface area contributed by atoms with E-state index in [1.54, 1.807) is 4.90 Å². The Hall–Kier alpha value is -2.23. The van der Waals surface area contributed by atoms with Gasteiger partial charge in [0.25, 0.3) is 0 Å². The predicted molar refractivity (Wildman–Crippen MR) is 95.2 cm³/mol. The van der Waals surface area contributed by atoms with Crippen molar-refractivity contribution in [2.24, 2.45) is 5.41 Å². The van der Waals surface area contributed by atoms with Crippen LogP contribution in [0.5, 0.6) is 0 Å². The Morgan fingerprint density at radius 2 is 1.96 bits per heavy atom. The lowest BCUT2D eigenvalue weighted by Crippen LogP contribution is -2.67. The summed E-state index contributed by atoms with van der Waals surface area (Å²) in [5, 5.41) is 2.54. The maximum absolute atomic E-state index is 14.6. The molecule has 10 heteroatoms. The minimum Gasteiger partial charge on any atom is -0.442 e. The summed E-state index contributed by atoms with van der Waals surface area (Å²) >= 11 is 0. The minimum absolute atomic E-state index is 0.0713. The van der Waals surface area contributed by atoms with Gasteiger partial charge in [-0.25, -0.2) is 13.6 Å². The van der Waals surface area contributed by atoms with Crippen LogP contribution in [0.3, 0.4) is 0 Å². The van der Waals surface area contributed by atoms with Crippen LogP contribution in [-0.4, -0.2) is 60.0 Å². The molecule has 27 heavy (non-hydrogen) atoms. The summed E-state index contributed by atoms with van der Waals surface area (Å²) in [5.74, 6) is -0.592. The largest absolute Gasteiger partial charge is 0.442 e. The van der Waals surface area contributed by atoms with Crippen LogP contribution in [0.4, 0.5) is 25.0 Å². The molecule has 0 saturated carbocycles. The van der Waals surface area contributed by atoms with E-state index in [9.17, 15) is 22.6 Å². The van der Waals surface area contributed by atoms with Crippen molar-refractivity contribution in [2.75, 3.05) is 47.5 Å². The Morgan fingerprint density at radius 1 is 1.33 bits per heavy atom. The summed E-state index contributed by atoms with van der Waals surface area (Å²) in [5.41, 5.74) is -0.119. The van der Waals surface area contributed by atoms with Crippen molar-refractivity contribution in [3.8, 4) is 0 Å². The molecule has 1 spiro atoms. The second-order valence-electron chi connectivity index (χ2n) is 7.40. The van der Waals surface area contributed by atoms with Gasteiger partial charge in [-0.3, -0.25) is 13.9 Å². The van der Waals surface area contributed by atoms with Crippen LogP contribution in [0, 0.1) is 17.0 Å². The number of nitrogens with zero attached hydrogens (tertiary/aromatic N) is 2. The van der Waals surface area contributed by atoms with Crippen molar-refractivity contribution in [2.45, 2.75) is 13.0 Å². The first-order chi connectivity index (χ1) is 12.8. The second-order valence-corrected chi connectivity index (χ2v) is 8.85. The van der Waals surface area contributed by atoms with E-state index in [0.717, 1.165) is 17.0 Å². The fraction of sp³-hybridized carbons (Fsp3) is 0.529. The zero-order valence-corrected chi connectivity index (χ0v) is 15.5. The smallest absolute Gasteiger partial charge is 0.414 e. The van der Waals surface area contributed by atoms with E-state index in [-0.39, 0.29) is 35.8 Å². The van der Waals surface area contributed by atoms with Gasteiger partial charge in [-0.05, 0) is 0 Å². The maximum Gasteiger partial charge on any atom is 0.414 e. The molecule has 3 saturated heterocycles. The summed E-state index contributed by atoms with van der Waals surface area (Å²) in [4.78, 5) is 25.7. The molecule has 4 rings (SSSR count). The van der Waals surface area contributed by atoms with Gasteiger partial charge in [0.15, 0.2) is 11.6 Å². The lowest BCUT2D eigenvalue weighted by atomic mass is 9.82. The lowest BCUT2D eigenvalue weighted by molar-refractivity contribution is -0.119. The molecule has 0 aliphatic carbocycles. The number of halogens is 2. The van der Waals surface area contributed by atoms with Crippen molar-refractivity contribution in [1.82, 2.24) is 5.32 Å². The molecule has 3 fully saturated rings. The highest BCUT2D eigenvalue weighted by molar-refractivity contribution is 7.86. The topological polar surface area (TPSA) is 79.0 Å². The van der Waals surface area contributed by atoms with Crippen LogP contribution in [0.15, 0.2) is 12.1 Å². The van der Waals surface area contributed by atoms with E-state index < -0.39 is 34.6 Å². The van der Waals surface area contributed by atoms with Crippen LogP contribution in [0.1, 0.15) is 6.92 Å². The number of hydrogen-bond acceptors (Lipinski definition) is 5. The fourth-order valence-electron chi connectivity index (χ4n) is 3.85. The quantitative estimate of drug-likeness (QED) is 0.817. The van der Waals surface area contributed by atoms with Gasteiger partial charge in [0.1, 0.15) is 11.8 Å². The van der Waals surface area contributed by atoms with Gasteiger partial charge in [0.05, 0.1) is 18.8 Å². The molecule has 0 unspecified atom stereocenters. The van der Waals surface area contributed by atoms with E-state index in [4.69, 9.17) is 4.74 Å². The van der Waals surface area contributed by atoms with E-state index in [1.807, 2.05) is 0 Å². The molecule has 3 aliphatic heterocycles. The van der Waals surface area contributed by atoms with Gasteiger partial charge < -0.3 is 15.0 Å². The van der Waals surface area contributed by atoms with Crippen molar-refractivity contribution < 1.29 is 27.3 Å². The number of carbonyl (C=O) groups is 2. The molecule has 146 valence electrons. The van der Waals surface area contributed by atoms with Gasteiger partial charge in [-0.15, -0.1) is 0 Å². The zero-order chi connectivity index (χ0) is 19.3. The Bertz CT molecular complexity index is 810. The third-order valence-corrected chi connectivity index (χ3v) is 6.94. The minimum atomic E-state index is -0.808. The summed E-state index contributed by atoms with van der Waals surface area (Å²) in [7, 11) is -0.808. The highest BCUT2D eigenvalue weighted by atomic mass is 32.2. The van der Waals surface area contributed by atoms with Crippen LogP contribution in [0.25, 0.3) is 0 Å². The standard InChI is InChI=1S/C17H19F2N3O4S/c1-10(23)20-4-12-5-22(16(24)26-12)11-2-13(18)15(14(19)3-11)21-6-17(7-21)8-27(25)9-17/h2-3,12H,4-9H2,1H3,(H,20,23)/t12-/m0/s1. The van der Waals surface area contributed by atoms with E-state index >= 15 is 0 Å². The first kappa shape index (κ1) is 18.1. The van der Waals surface area contributed by atoms with Gasteiger partial charge in [0, 0.05) is 59.9 Å². The average molecular weight is 399 g/mol. The number of ether oxygens (including phenoxy) is 1. The number of anilines is 2. The molecule has 1 atom stereocenters. The van der Waals surface area contributed by atoms with Gasteiger partial charge in [-0.2, -0.15) is 0 Å². The number of carbonyl (C=O) groups excluding carboxylic acids is 2. The normalized spacial score (nSPS) is 23.8. The third kappa shape index (κ3) is 3.26. The van der Waals surface area contributed by atoms with E-state index in [2.05, 4.69) is 5.32 Å². The number of nitrogens with one attached hydrogen (secondary N) is 1. The molecular formula is C17H19F2N3O4S. The Labute approximate surface area is 157 Å². The molecule has 1 aromatic carbocycles. The van der Waals surface area contributed by atoms with Gasteiger partial charge in [0.2, 0.25) is 5.91 Å². The second kappa shape index (κ2) is 6.43. The van der Waals surface area contributed by atoms with Crippen molar-refractivity contribution in [1.29, 1.82) is 0 Å². The molecule has 7 nitrogen and oxygen atoms in total. The third-order valence-electron chi connectivity index (χ3n) is 5.07.